The van der Waals surface area contributed by atoms with Crippen LogP contribution in [0.4, 0.5) is 0 Å². The van der Waals surface area contributed by atoms with E-state index in [0.717, 1.165) is 6.42 Å². The van der Waals surface area contributed by atoms with Crippen LogP contribution in [-0.2, 0) is 20.4 Å². The number of aryl methyl sites for hydroxylation is 3. The Morgan fingerprint density at radius 1 is 0.697 bits per heavy atom. The summed E-state index contributed by atoms with van der Waals surface area (Å²) in [5.74, 6) is 0. The van der Waals surface area contributed by atoms with E-state index in [1.165, 1.54) is 37.8 Å². The Morgan fingerprint density at radius 3 is 1.39 bits per heavy atom. The summed E-state index contributed by atoms with van der Waals surface area (Å²) in [5, 5.41) is 4.46. The molecule has 3 aromatic rings. The van der Waals surface area contributed by atoms with Crippen molar-refractivity contribution in [2.24, 2.45) is 0 Å². The Morgan fingerprint density at radius 2 is 1.09 bits per heavy atom. The van der Waals surface area contributed by atoms with Crippen molar-refractivity contribution >= 4 is 23.6 Å². The van der Waals surface area contributed by atoms with Crippen LogP contribution in [0.2, 0.25) is 3.34 Å². The molecule has 3 aromatic carbocycles. The van der Waals surface area contributed by atoms with Gasteiger partial charge in [0.2, 0.25) is 0 Å². The molecule has 0 bridgehead atoms. The number of hydrogen-bond acceptors (Lipinski definition) is 0. The van der Waals surface area contributed by atoms with E-state index in [1.54, 1.807) is 0 Å². The van der Waals surface area contributed by atoms with Gasteiger partial charge in [-0.15, -0.1) is 0 Å². The van der Waals surface area contributed by atoms with E-state index < -0.39 is 8.07 Å². The molecule has 0 aromatic heterocycles. The molecule has 0 nitrogen and oxygen atoms in total. The topological polar surface area (TPSA) is 0 Å². The van der Waals surface area contributed by atoms with E-state index in [4.69, 9.17) is 0 Å². The van der Waals surface area contributed by atoms with Crippen molar-refractivity contribution in [1.29, 1.82) is 0 Å². The van der Waals surface area contributed by atoms with Gasteiger partial charge in [0.05, 0.1) is 0 Å². The SMILES string of the molecule is CCC1=C[C]([Ti+3])([Si](c2cccc(C)c2)(c2cccc(C)c2)c2cccc(C)c2)C=C1.[Cl-].[Cl-].[Cl-]. The Labute approximate surface area is 230 Å². The molecule has 0 spiro atoms. The zero-order chi connectivity index (χ0) is 21.4. The quantitative estimate of drug-likeness (QED) is 0.228. The first-order valence-electron chi connectivity index (χ1n) is 10.8. The van der Waals surface area contributed by atoms with Crippen LogP contribution in [0, 0.1) is 20.8 Å². The monoisotopic (exact) mass is 546 g/mol. The van der Waals surface area contributed by atoms with Crippen LogP contribution in [0.1, 0.15) is 30.0 Å². The molecule has 1 aliphatic carbocycles. The summed E-state index contributed by atoms with van der Waals surface area (Å²) in [7, 11) is -2.43. The van der Waals surface area contributed by atoms with Gasteiger partial charge in [-0.1, -0.05) is 0 Å². The van der Waals surface area contributed by atoms with Crippen LogP contribution in [-0.4, -0.2) is 8.07 Å². The largest absolute Gasteiger partial charge is 1.00 e. The van der Waals surface area contributed by atoms with E-state index in [2.05, 4.69) is 139 Å². The van der Waals surface area contributed by atoms with E-state index in [-0.39, 0.29) is 40.6 Å². The van der Waals surface area contributed by atoms with Crippen molar-refractivity contribution in [2.45, 2.75) is 37.5 Å². The third-order valence-corrected chi connectivity index (χ3v) is 13.7. The number of halogens is 3. The molecule has 170 valence electrons. The Kier molecular flexibility index (Phi) is 11.0. The first kappa shape index (κ1) is 30.0. The molecule has 0 heterocycles. The van der Waals surface area contributed by atoms with Crippen molar-refractivity contribution in [3.05, 3.63) is 113 Å². The molecule has 1 unspecified atom stereocenters. The Bertz CT molecular complexity index is 1040. The Hall–Kier alpha value is -1.06. The van der Waals surface area contributed by atoms with Gasteiger partial charge in [0.15, 0.2) is 0 Å². The minimum absolute atomic E-state index is 0. The zero-order valence-electron chi connectivity index (χ0n) is 19.5. The molecule has 1 atom stereocenters. The molecule has 4 rings (SSSR count). The fourth-order valence-corrected chi connectivity index (χ4v) is 12.9. The summed E-state index contributed by atoms with van der Waals surface area (Å²) >= 11 is 2.46. The second-order valence-electron chi connectivity index (χ2n) is 8.63. The van der Waals surface area contributed by atoms with Gasteiger partial charge in [0.25, 0.3) is 0 Å². The molecular weight excluding hydrogens is 519 g/mol. The number of benzene rings is 3. The van der Waals surface area contributed by atoms with Crippen molar-refractivity contribution < 1.29 is 57.7 Å². The van der Waals surface area contributed by atoms with Gasteiger partial charge in [-0.2, -0.15) is 0 Å². The van der Waals surface area contributed by atoms with Crippen LogP contribution < -0.4 is 52.8 Å². The van der Waals surface area contributed by atoms with Crippen LogP contribution in [0.5, 0.6) is 0 Å². The molecule has 0 aliphatic heterocycles. The summed E-state index contributed by atoms with van der Waals surface area (Å²) in [5.41, 5.74) is 5.43. The van der Waals surface area contributed by atoms with E-state index in [9.17, 15) is 0 Å². The van der Waals surface area contributed by atoms with Gasteiger partial charge >= 0.3 is 195 Å². The van der Waals surface area contributed by atoms with Crippen molar-refractivity contribution in [3.63, 3.8) is 0 Å². The predicted molar refractivity (Wildman–Crippen MR) is 128 cm³/mol. The van der Waals surface area contributed by atoms with E-state index >= 15 is 0 Å². The average molecular weight is 548 g/mol. The zero-order valence-corrected chi connectivity index (χ0v) is 24.3. The van der Waals surface area contributed by atoms with Gasteiger partial charge in [-0.3, -0.25) is 0 Å². The molecule has 5 heteroatoms. The fraction of sp³-hybridized carbons (Fsp3) is 0.214. The maximum absolute atomic E-state index is 2.56. The minimum Gasteiger partial charge on any atom is -1.00 e. The molecule has 0 saturated carbocycles. The first-order chi connectivity index (χ1) is 14.4. The molecule has 33 heavy (non-hydrogen) atoms. The molecule has 1 aliphatic rings. The smallest absolute Gasteiger partial charge is 1.00 e. The molecular formula is C28H29Cl3SiTi. The van der Waals surface area contributed by atoms with Crippen molar-refractivity contribution in [1.82, 2.24) is 0 Å². The summed E-state index contributed by atoms with van der Waals surface area (Å²) in [6.45, 7) is 8.91. The predicted octanol–water partition coefficient (Wildman–Crippen LogP) is -3.76. The van der Waals surface area contributed by atoms with Crippen molar-refractivity contribution in [2.75, 3.05) is 0 Å². The van der Waals surface area contributed by atoms with Crippen LogP contribution >= 0.6 is 0 Å². The number of hydrogen-bond donors (Lipinski definition) is 0. The van der Waals surface area contributed by atoms with E-state index in [0.29, 0.717) is 0 Å². The molecule has 0 amide bonds. The third-order valence-electron chi connectivity index (χ3n) is 6.36. The molecule has 0 radical (unpaired) electrons. The molecule has 0 saturated heterocycles. The second kappa shape index (κ2) is 12.1. The summed E-state index contributed by atoms with van der Waals surface area (Å²) in [4.78, 5) is 0. The third kappa shape index (κ3) is 5.45. The summed E-state index contributed by atoms with van der Waals surface area (Å²) in [6, 6.07) is 27.8. The second-order valence-corrected chi connectivity index (χ2v) is 14.8. The van der Waals surface area contributed by atoms with Crippen LogP contribution in [0.15, 0.2) is 96.6 Å². The van der Waals surface area contributed by atoms with Gasteiger partial charge in [0.1, 0.15) is 0 Å². The van der Waals surface area contributed by atoms with Gasteiger partial charge in [-0.25, -0.2) is 0 Å². The van der Waals surface area contributed by atoms with Crippen LogP contribution in [0.25, 0.3) is 0 Å². The number of rotatable bonds is 5. The normalized spacial score (nSPS) is 16.8. The van der Waals surface area contributed by atoms with Gasteiger partial charge in [0, 0.05) is 0 Å². The average Bonchev–Trinajstić information content (AvgIpc) is 3.11. The van der Waals surface area contributed by atoms with Gasteiger partial charge < -0.3 is 37.2 Å². The molecule has 0 N–H and O–H groups in total. The van der Waals surface area contributed by atoms with Crippen molar-refractivity contribution in [3.8, 4) is 0 Å². The van der Waals surface area contributed by atoms with E-state index in [1.807, 2.05) is 0 Å². The number of allylic oxidation sites excluding steroid dienone is 4. The maximum atomic E-state index is 2.56. The first-order valence-corrected chi connectivity index (χ1v) is 13.5. The van der Waals surface area contributed by atoms with Gasteiger partial charge in [-0.05, 0) is 0 Å². The molecule has 0 fully saturated rings. The fourth-order valence-electron chi connectivity index (χ4n) is 4.93. The minimum atomic E-state index is -2.43. The Balaban J connectivity index is 0.00000181. The van der Waals surface area contributed by atoms with Crippen LogP contribution in [0.3, 0.4) is 0 Å². The maximum Gasteiger partial charge on any atom is -1.00 e. The standard InChI is InChI=1S/C28H29Si.3ClH.Ti/c1-5-24-15-16-28(20-24)29(25-12-6-9-21(2)17-25,26-13-7-10-22(3)18-26)27-14-8-11-23(4)19-27;;;;/h6-20H,5H2,1-4H3;3*1H;/q;;;;+3/p-3. The summed E-state index contributed by atoms with van der Waals surface area (Å²) in [6.07, 6.45) is 8.49. The summed E-state index contributed by atoms with van der Waals surface area (Å²) < 4.78 is -0.0340.